The van der Waals surface area contributed by atoms with Gasteiger partial charge in [-0.05, 0) is 30.7 Å². The van der Waals surface area contributed by atoms with Crippen molar-refractivity contribution in [2.75, 3.05) is 34.8 Å². The lowest BCUT2D eigenvalue weighted by molar-refractivity contribution is -0.170. The lowest BCUT2D eigenvalue weighted by Crippen LogP contribution is -2.48. The minimum absolute atomic E-state index is 0.125. The molecule has 3 N–H and O–H groups in total. The van der Waals surface area contributed by atoms with Crippen LogP contribution in [-0.4, -0.2) is 53.6 Å². The molecular formula is C20H21F3N6O2. The van der Waals surface area contributed by atoms with E-state index in [2.05, 4.69) is 15.3 Å². The van der Waals surface area contributed by atoms with E-state index in [0.717, 1.165) is 0 Å². The van der Waals surface area contributed by atoms with Gasteiger partial charge in [0.15, 0.2) is 11.6 Å². The highest BCUT2D eigenvalue weighted by atomic mass is 19.4. The molecule has 2 aromatic rings. The van der Waals surface area contributed by atoms with Gasteiger partial charge in [0.25, 0.3) is 0 Å². The molecule has 1 saturated heterocycles. The normalized spacial score (nSPS) is 18.5. The number of alkyl halides is 3. The van der Waals surface area contributed by atoms with E-state index in [4.69, 9.17) is 5.73 Å². The summed E-state index contributed by atoms with van der Waals surface area (Å²) in [4.78, 5) is 37.5. The van der Waals surface area contributed by atoms with Crippen LogP contribution in [0.15, 0.2) is 36.5 Å². The fourth-order valence-electron chi connectivity index (χ4n) is 3.89. The molecule has 0 aliphatic carbocycles. The highest BCUT2D eigenvalue weighted by Gasteiger charge is 2.42. The monoisotopic (exact) mass is 434 g/mol. The molecule has 2 amide bonds. The number of ketones is 1. The summed E-state index contributed by atoms with van der Waals surface area (Å²) < 4.78 is 39.1. The fraction of sp³-hybridized carbons (Fsp3) is 0.400. The first kappa shape index (κ1) is 21.0. The van der Waals surface area contributed by atoms with Crippen LogP contribution in [0.2, 0.25) is 0 Å². The summed E-state index contributed by atoms with van der Waals surface area (Å²) in [5, 5.41) is 2.71. The second-order valence-corrected chi connectivity index (χ2v) is 7.54. The smallest absolute Gasteiger partial charge is 0.366 e. The Labute approximate surface area is 176 Å². The van der Waals surface area contributed by atoms with Gasteiger partial charge in [-0.1, -0.05) is 6.07 Å². The van der Waals surface area contributed by atoms with E-state index in [1.165, 1.54) is 11.0 Å². The number of Topliss-reactive ketones (excluding diaryl/α,β-unsaturated/α-hetero) is 1. The molecular weight excluding hydrogens is 413 g/mol. The summed E-state index contributed by atoms with van der Waals surface area (Å²) in [6.45, 7) is 0.638. The zero-order chi connectivity index (χ0) is 22.2. The van der Waals surface area contributed by atoms with Gasteiger partial charge in [-0.3, -0.25) is 15.0 Å². The highest BCUT2D eigenvalue weighted by Crippen LogP contribution is 2.39. The van der Waals surface area contributed by atoms with Gasteiger partial charge in [0.2, 0.25) is 0 Å². The number of nitrogens with two attached hydrogens (primary N) is 1. The van der Waals surface area contributed by atoms with Crippen molar-refractivity contribution in [3.8, 4) is 0 Å². The SMILES string of the molecule is NC[C@H](CC(=O)c1ccc2c(n1)N(C(=O)Nc1ccccn1)[C@H]1CCN2C1)C(F)(F)F. The van der Waals surface area contributed by atoms with Crippen LogP contribution in [0.4, 0.5) is 35.3 Å². The Hall–Kier alpha value is -3.21. The van der Waals surface area contributed by atoms with Crippen molar-refractivity contribution < 1.29 is 22.8 Å². The van der Waals surface area contributed by atoms with Crippen molar-refractivity contribution in [1.29, 1.82) is 0 Å². The van der Waals surface area contributed by atoms with Crippen molar-refractivity contribution in [2.24, 2.45) is 11.7 Å². The van der Waals surface area contributed by atoms with Gasteiger partial charge in [-0.2, -0.15) is 13.2 Å². The van der Waals surface area contributed by atoms with Crippen LogP contribution in [0, 0.1) is 5.92 Å². The fourth-order valence-corrected chi connectivity index (χ4v) is 3.89. The molecule has 2 aromatic heterocycles. The first-order valence-corrected chi connectivity index (χ1v) is 9.85. The Bertz CT molecular complexity index is 985. The number of aromatic nitrogens is 2. The lowest BCUT2D eigenvalue weighted by atomic mass is 10.00. The van der Waals surface area contributed by atoms with Crippen molar-refractivity contribution >= 4 is 29.1 Å². The van der Waals surface area contributed by atoms with E-state index in [1.54, 1.807) is 30.5 Å². The topological polar surface area (TPSA) is 104 Å². The summed E-state index contributed by atoms with van der Waals surface area (Å²) in [5.74, 6) is -2.10. The lowest BCUT2D eigenvalue weighted by Gasteiger charge is -2.35. The Kier molecular flexibility index (Phi) is 5.52. The molecule has 0 saturated carbocycles. The van der Waals surface area contributed by atoms with E-state index >= 15 is 0 Å². The largest absolute Gasteiger partial charge is 0.393 e. The van der Waals surface area contributed by atoms with Gasteiger partial charge in [0.1, 0.15) is 11.5 Å². The third-order valence-electron chi connectivity index (χ3n) is 5.54. The molecule has 31 heavy (non-hydrogen) atoms. The summed E-state index contributed by atoms with van der Waals surface area (Å²) in [5.41, 5.74) is 5.74. The van der Waals surface area contributed by atoms with Crippen LogP contribution < -0.4 is 20.9 Å². The number of halogens is 3. The number of carbonyl (C=O) groups is 2. The number of carbonyl (C=O) groups excluding carboxylic acids is 2. The van der Waals surface area contributed by atoms with Crippen LogP contribution in [0.1, 0.15) is 23.3 Å². The van der Waals surface area contributed by atoms with Crippen molar-refractivity contribution in [1.82, 2.24) is 9.97 Å². The molecule has 4 rings (SSSR count). The Morgan fingerprint density at radius 1 is 1.26 bits per heavy atom. The number of amides is 2. The second kappa shape index (κ2) is 8.14. The highest BCUT2D eigenvalue weighted by molar-refractivity contribution is 6.05. The summed E-state index contributed by atoms with van der Waals surface area (Å²) in [6, 6.07) is 7.49. The molecule has 164 valence electrons. The van der Waals surface area contributed by atoms with E-state index in [1.807, 2.05) is 4.90 Å². The first-order valence-electron chi connectivity index (χ1n) is 9.85. The van der Waals surface area contributed by atoms with E-state index in [-0.39, 0.29) is 17.6 Å². The second-order valence-electron chi connectivity index (χ2n) is 7.54. The Balaban J connectivity index is 1.63. The van der Waals surface area contributed by atoms with Gasteiger partial charge in [0.05, 0.1) is 17.6 Å². The maximum absolute atomic E-state index is 13.0. The molecule has 0 unspecified atom stereocenters. The standard InChI is InChI=1S/C20H21F3N6O2/c21-20(22,23)12(10-24)9-16(30)14-4-5-15-18(26-14)29(13-6-8-28(15)11-13)19(31)27-17-3-1-2-7-25-17/h1-5,7,12-13H,6,8-11,24H2,(H,25,27,31)/t12-,13-/m0/s1. The number of rotatable bonds is 5. The van der Waals surface area contributed by atoms with Gasteiger partial charge in [0, 0.05) is 32.3 Å². The number of nitrogens with one attached hydrogen (secondary N) is 1. The Morgan fingerprint density at radius 3 is 2.74 bits per heavy atom. The molecule has 4 heterocycles. The molecule has 0 radical (unpaired) electrons. The summed E-state index contributed by atoms with van der Waals surface area (Å²) in [6.07, 6.45) is -3.11. The molecule has 2 atom stereocenters. The molecule has 0 aromatic carbocycles. The minimum atomic E-state index is -4.57. The van der Waals surface area contributed by atoms with Crippen molar-refractivity contribution in [3.63, 3.8) is 0 Å². The number of nitrogens with zero attached hydrogens (tertiary/aromatic N) is 4. The van der Waals surface area contributed by atoms with E-state index in [0.29, 0.717) is 31.0 Å². The number of fused-ring (bicyclic) bond motifs is 4. The van der Waals surface area contributed by atoms with Gasteiger partial charge in [-0.15, -0.1) is 0 Å². The number of hydrogen-bond acceptors (Lipinski definition) is 6. The molecule has 8 nitrogen and oxygen atoms in total. The van der Waals surface area contributed by atoms with Crippen LogP contribution in [0.5, 0.6) is 0 Å². The number of anilines is 3. The van der Waals surface area contributed by atoms with Crippen molar-refractivity contribution in [3.05, 3.63) is 42.2 Å². The quantitative estimate of drug-likeness (QED) is 0.702. The molecule has 0 spiro atoms. The minimum Gasteiger partial charge on any atom is -0.366 e. The first-order chi connectivity index (χ1) is 14.8. The van der Waals surface area contributed by atoms with Gasteiger partial charge in [-0.25, -0.2) is 14.8 Å². The maximum Gasteiger partial charge on any atom is 0.393 e. The Morgan fingerprint density at radius 2 is 2.06 bits per heavy atom. The van der Waals surface area contributed by atoms with Crippen LogP contribution in [0.3, 0.4) is 0 Å². The predicted molar refractivity (Wildman–Crippen MR) is 108 cm³/mol. The number of pyridine rings is 2. The molecule has 1 fully saturated rings. The molecule has 2 aliphatic heterocycles. The zero-order valence-electron chi connectivity index (χ0n) is 16.5. The molecule has 11 heteroatoms. The van der Waals surface area contributed by atoms with Crippen molar-refractivity contribution in [2.45, 2.75) is 25.1 Å². The maximum atomic E-state index is 13.0. The van der Waals surface area contributed by atoms with E-state index in [9.17, 15) is 22.8 Å². The third kappa shape index (κ3) is 4.18. The van der Waals surface area contributed by atoms with E-state index < -0.39 is 36.9 Å². The zero-order valence-corrected chi connectivity index (χ0v) is 16.5. The number of hydrogen-bond donors (Lipinski definition) is 2. The van der Waals surface area contributed by atoms with Crippen LogP contribution >= 0.6 is 0 Å². The summed E-state index contributed by atoms with van der Waals surface area (Å²) >= 11 is 0. The average Bonchev–Trinajstić information content (AvgIpc) is 3.15. The van der Waals surface area contributed by atoms with Gasteiger partial charge >= 0.3 is 12.2 Å². The van der Waals surface area contributed by atoms with Crippen LogP contribution in [0.25, 0.3) is 0 Å². The predicted octanol–water partition coefficient (Wildman–Crippen LogP) is 2.82. The molecule has 2 bridgehead atoms. The van der Waals surface area contributed by atoms with Gasteiger partial charge < -0.3 is 10.6 Å². The summed E-state index contributed by atoms with van der Waals surface area (Å²) in [7, 11) is 0. The average molecular weight is 434 g/mol. The molecule has 2 aliphatic rings. The third-order valence-corrected chi connectivity index (χ3v) is 5.54. The number of urea groups is 1. The van der Waals surface area contributed by atoms with Crippen LogP contribution in [-0.2, 0) is 0 Å².